The molecule has 0 aliphatic heterocycles. The van der Waals surface area contributed by atoms with Crippen LogP contribution in [0.25, 0.3) is 0 Å². The van der Waals surface area contributed by atoms with E-state index in [9.17, 15) is 5.11 Å². The van der Waals surface area contributed by atoms with Crippen molar-refractivity contribution >= 4 is 0 Å². The first kappa shape index (κ1) is 9.19. The van der Waals surface area contributed by atoms with Crippen molar-refractivity contribution < 1.29 is 14.9 Å². The molecule has 2 N–H and O–H groups in total. The number of hydrogen-bond donors (Lipinski definition) is 2. The highest BCUT2D eigenvalue weighted by Crippen LogP contribution is 2.11. The van der Waals surface area contributed by atoms with Crippen molar-refractivity contribution in [3.63, 3.8) is 0 Å². The van der Waals surface area contributed by atoms with Gasteiger partial charge < -0.3 is 14.9 Å². The largest absolute Gasteiger partial charge is 0.386 e. The van der Waals surface area contributed by atoms with E-state index in [1.54, 1.807) is 0 Å². The van der Waals surface area contributed by atoms with Gasteiger partial charge in [0.25, 0.3) is 0 Å². The second-order valence-electron chi connectivity index (χ2n) is 2.43. The lowest BCUT2D eigenvalue weighted by atomic mass is 10.1. The first-order valence-corrected chi connectivity index (χ1v) is 3.76. The minimum atomic E-state index is -0.654. The highest BCUT2D eigenvalue weighted by atomic mass is 16.6. The number of aliphatic hydroxyl groups excluding tert-OH is 2. The van der Waals surface area contributed by atoms with Gasteiger partial charge in [0.2, 0.25) is 0 Å². The second-order valence-corrected chi connectivity index (χ2v) is 2.43. The summed E-state index contributed by atoms with van der Waals surface area (Å²) in [6.45, 7) is -0.232. The zero-order valence-corrected chi connectivity index (χ0v) is 6.68. The van der Waals surface area contributed by atoms with Gasteiger partial charge in [0, 0.05) is 0 Å². The first-order chi connectivity index (χ1) is 5.84. The lowest BCUT2D eigenvalue weighted by Gasteiger charge is -2.09. The Kier molecular flexibility index (Phi) is 3.73. The Hall–Kier alpha value is -0.900. The molecule has 0 saturated heterocycles. The summed E-state index contributed by atoms with van der Waals surface area (Å²) >= 11 is 0. The van der Waals surface area contributed by atoms with Crippen molar-refractivity contribution in [2.24, 2.45) is 0 Å². The third kappa shape index (κ3) is 2.62. The van der Waals surface area contributed by atoms with E-state index < -0.39 is 6.10 Å². The van der Waals surface area contributed by atoms with Gasteiger partial charge in [0.05, 0.1) is 6.61 Å². The molecule has 0 spiro atoms. The lowest BCUT2D eigenvalue weighted by molar-refractivity contribution is -0.0422. The molecule has 3 heteroatoms. The zero-order valence-electron chi connectivity index (χ0n) is 6.68. The summed E-state index contributed by atoms with van der Waals surface area (Å²) in [5, 5.41) is 17.7. The van der Waals surface area contributed by atoms with Crippen molar-refractivity contribution in [3.8, 4) is 0 Å². The van der Waals surface area contributed by atoms with Crippen molar-refractivity contribution in [2.45, 2.75) is 6.10 Å². The Labute approximate surface area is 71.2 Å². The summed E-state index contributed by atoms with van der Waals surface area (Å²) < 4.78 is 4.66. The van der Waals surface area contributed by atoms with Crippen LogP contribution in [0.2, 0.25) is 0 Å². The van der Waals surface area contributed by atoms with Crippen LogP contribution in [0.5, 0.6) is 0 Å². The molecular weight excluding hydrogens is 156 g/mol. The average molecular weight is 168 g/mol. The van der Waals surface area contributed by atoms with Gasteiger partial charge >= 0.3 is 0 Å². The number of benzene rings is 1. The number of aliphatic hydroxyl groups is 2. The zero-order chi connectivity index (χ0) is 8.81. The maximum Gasteiger partial charge on any atom is 0.143 e. The van der Waals surface area contributed by atoms with Crippen LogP contribution in [0.1, 0.15) is 11.7 Å². The molecule has 0 heterocycles. The predicted octanol–water partition coefficient (Wildman–Crippen LogP) is 0.686. The van der Waals surface area contributed by atoms with Crippen LogP contribution >= 0.6 is 0 Å². The Morgan fingerprint density at radius 2 is 1.92 bits per heavy atom. The molecule has 0 aliphatic rings. The van der Waals surface area contributed by atoms with Crippen molar-refractivity contribution in [2.75, 3.05) is 13.4 Å². The van der Waals surface area contributed by atoms with E-state index in [4.69, 9.17) is 5.11 Å². The van der Waals surface area contributed by atoms with Crippen molar-refractivity contribution in [1.82, 2.24) is 0 Å². The van der Waals surface area contributed by atoms with Crippen molar-refractivity contribution in [3.05, 3.63) is 35.9 Å². The second kappa shape index (κ2) is 4.87. The Morgan fingerprint density at radius 3 is 2.50 bits per heavy atom. The summed E-state index contributed by atoms with van der Waals surface area (Å²) in [7, 11) is 0. The molecule has 0 bridgehead atoms. The smallest absolute Gasteiger partial charge is 0.143 e. The maximum atomic E-state index is 9.42. The molecule has 0 fully saturated rings. The molecule has 1 atom stereocenters. The molecule has 1 aromatic rings. The van der Waals surface area contributed by atoms with Gasteiger partial charge in [-0.3, -0.25) is 0 Å². The fourth-order valence-electron chi connectivity index (χ4n) is 0.936. The number of ether oxygens (including phenoxy) is 1. The molecule has 66 valence electrons. The lowest BCUT2D eigenvalue weighted by Crippen LogP contribution is -2.07. The fraction of sp³-hybridized carbons (Fsp3) is 0.333. The molecule has 0 saturated carbocycles. The van der Waals surface area contributed by atoms with Gasteiger partial charge in [-0.2, -0.15) is 0 Å². The van der Waals surface area contributed by atoms with Gasteiger partial charge in [-0.25, -0.2) is 0 Å². The van der Waals surface area contributed by atoms with Crippen LogP contribution in [0.4, 0.5) is 0 Å². The van der Waals surface area contributed by atoms with E-state index in [2.05, 4.69) is 4.74 Å². The molecule has 0 aliphatic carbocycles. The van der Waals surface area contributed by atoms with E-state index >= 15 is 0 Å². The van der Waals surface area contributed by atoms with Gasteiger partial charge in [-0.15, -0.1) is 0 Å². The molecule has 1 rings (SSSR count). The van der Waals surface area contributed by atoms with Gasteiger partial charge in [-0.1, -0.05) is 30.3 Å². The standard InChI is InChI=1S/C9H12O3/c10-7-12-6-9(11)8-4-2-1-3-5-8/h1-5,9-11H,6-7H2. The van der Waals surface area contributed by atoms with Crippen LogP contribution in [0.15, 0.2) is 30.3 Å². The Morgan fingerprint density at radius 1 is 1.25 bits per heavy atom. The average Bonchev–Trinajstić information content (AvgIpc) is 2.15. The van der Waals surface area contributed by atoms with Gasteiger partial charge in [0.15, 0.2) is 0 Å². The Balaban J connectivity index is 2.48. The van der Waals surface area contributed by atoms with Crippen molar-refractivity contribution in [1.29, 1.82) is 0 Å². The molecule has 0 amide bonds. The quantitative estimate of drug-likeness (QED) is 0.650. The molecule has 3 nitrogen and oxygen atoms in total. The fourth-order valence-corrected chi connectivity index (χ4v) is 0.936. The summed E-state index contributed by atoms with van der Waals surface area (Å²) in [5.41, 5.74) is 0.797. The molecular formula is C9H12O3. The van der Waals surface area contributed by atoms with Crippen LogP contribution in [0, 0.1) is 0 Å². The normalized spacial score (nSPS) is 12.8. The van der Waals surface area contributed by atoms with Crippen LogP contribution < -0.4 is 0 Å². The van der Waals surface area contributed by atoms with Crippen LogP contribution in [0.3, 0.4) is 0 Å². The SMILES string of the molecule is OCOCC(O)c1ccccc1. The van der Waals surface area contributed by atoms with E-state index in [1.807, 2.05) is 30.3 Å². The molecule has 12 heavy (non-hydrogen) atoms. The van der Waals surface area contributed by atoms with Gasteiger partial charge in [0.1, 0.15) is 12.9 Å². The summed E-state index contributed by atoms with van der Waals surface area (Å²) in [6.07, 6.45) is -0.654. The predicted molar refractivity (Wildman–Crippen MR) is 44.4 cm³/mol. The third-order valence-electron chi connectivity index (χ3n) is 1.55. The topological polar surface area (TPSA) is 49.7 Å². The van der Waals surface area contributed by atoms with Crippen LogP contribution in [-0.4, -0.2) is 23.6 Å². The molecule has 1 unspecified atom stereocenters. The first-order valence-electron chi connectivity index (χ1n) is 3.76. The minimum absolute atomic E-state index is 0.126. The highest BCUT2D eigenvalue weighted by molar-refractivity contribution is 5.17. The van der Waals surface area contributed by atoms with E-state index in [1.165, 1.54) is 0 Å². The summed E-state index contributed by atoms with van der Waals surface area (Å²) in [4.78, 5) is 0. The monoisotopic (exact) mass is 168 g/mol. The number of rotatable bonds is 4. The van der Waals surface area contributed by atoms with Crippen LogP contribution in [-0.2, 0) is 4.74 Å². The van der Waals surface area contributed by atoms with E-state index in [0.717, 1.165) is 5.56 Å². The molecule has 0 aromatic heterocycles. The number of hydrogen-bond acceptors (Lipinski definition) is 3. The summed E-state index contributed by atoms with van der Waals surface area (Å²) in [5.74, 6) is 0. The van der Waals surface area contributed by atoms with Gasteiger partial charge in [-0.05, 0) is 5.56 Å². The molecule has 0 radical (unpaired) electrons. The van der Waals surface area contributed by atoms with E-state index in [0.29, 0.717) is 0 Å². The highest BCUT2D eigenvalue weighted by Gasteiger charge is 2.05. The third-order valence-corrected chi connectivity index (χ3v) is 1.55. The summed E-state index contributed by atoms with van der Waals surface area (Å²) in [6, 6.07) is 9.19. The van der Waals surface area contributed by atoms with E-state index in [-0.39, 0.29) is 13.4 Å². The maximum absolute atomic E-state index is 9.42. The minimum Gasteiger partial charge on any atom is -0.386 e. The molecule has 1 aromatic carbocycles. The Bertz CT molecular complexity index is 210.